The van der Waals surface area contributed by atoms with E-state index in [9.17, 15) is 15.2 Å². The lowest BCUT2D eigenvalue weighted by molar-refractivity contribution is -0.131. The molecule has 0 aliphatic rings. The third kappa shape index (κ3) is 3.84. The lowest BCUT2D eigenvalue weighted by Gasteiger charge is -1.99. The average molecular weight is 367 g/mol. The average Bonchev–Trinajstić information content (AvgIpc) is 3.30. The van der Waals surface area contributed by atoms with Gasteiger partial charge in [0.1, 0.15) is 16.4 Å². The van der Waals surface area contributed by atoms with Crippen molar-refractivity contribution in [2.75, 3.05) is 0 Å². The monoisotopic (exact) mass is 367 g/mol. The fourth-order valence-corrected chi connectivity index (χ4v) is 2.82. The molecule has 0 saturated heterocycles. The fraction of sp³-hybridized carbons (Fsp3) is 0.111. The van der Waals surface area contributed by atoms with Crippen LogP contribution in [0.1, 0.15) is 24.1 Å². The van der Waals surface area contributed by atoms with E-state index in [1.54, 1.807) is 36.4 Å². The SMILES string of the molecule is CCc1nnc(S/C(=C\c2ccc(-c3ccccc3C#N)o2)C(=O)O)o1. The number of rotatable bonds is 6. The molecule has 7 nitrogen and oxygen atoms in total. The van der Waals surface area contributed by atoms with Crippen molar-refractivity contribution in [2.24, 2.45) is 0 Å². The third-order valence-electron chi connectivity index (χ3n) is 3.37. The van der Waals surface area contributed by atoms with Gasteiger partial charge in [0.15, 0.2) is 0 Å². The zero-order valence-electron chi connectivity index (χ0n) is 13.7. The van der Waals surface area contributed by atoms with Gasteiger partial charge in [0.25, 0.3) is 5.22 Å². The lowest BCUT2D eigenvalue weighted by atomic mass is 10.1. The lowest BCUT2D eigenvalue weighted by Crippen LogP contribution is -1.96. The van der Waals surface area contributed by atoms with Gasteiger partial charge in [-0.05, 0) is 36.0 Å². The second-order valence-electron chi connectivity index (χ2n) is 5.09. The molecule has 0 aliphatic carbocycles. The van der Waals surface area contributed by atoms with E-state index in [2.05, 4.69) is 16.3 Å². The molecule has 26 heavy (non-hydrogen) atoms. The number of hydrogen-bond acceptors (Lipinski definition) is 7. The Labute approximate surface area is 153 Å². The van der Waals surface area contributed by atoms with Crippen LogP contribution >= 0.6 is 11.8 Å². The molecule has 0 fully saturated rings. The number of carboxylic acids is 1. The minimum atomic E-state index is -1.14. The van der Waals surface area contributed by atoms with Crippen molar-refractivity contribution >= 4 is 23.8 Å². The number of thioether (sulfide) groups is 1. The molecule has 0 radical (unpaired) electrons. The van der Waals surface area contributed by atoms with Crippen molar-refractivity contribution in [2.45, 2.75) is 18.6 Å². The maximum absolute atomic E-state index is 11.5. The van der Waals surface area contributed by atoms with Crippen LogP contribution in [0.15, 0.2) is 55.4 Å². The highest BCUT2D eigenvalue weighted by Gasteiger charge is 2.16. The highest BCUT2D eigenvalue weighted by Crippen LogP contribution is 2.30. The molecule has 2 heterocycles. The maximum atomic E-state index is 11.5. The Bertz CT molecular complexity index is 1010. The van der Waals surface area contributed by atoms with Gasteiger partial charge in [-0.3, -0.25) is 0 Å². The van der Waals surface area contributed by atoms with Crippen LogP contribution in [-0.4, -0.2) is 21.3 Å². The van der Waals surface area contributed by atoms with Gasteiger partial charge in [-0.2, -0.15) is 5.26 Å². The summed E-state index contributed by atoms with van der Waals surface area (Å²) >= 11 is 0.850. The Kier molecular flexibility index (Phi) is 5.20. The van der Waals surface area contributed by atoms with Gasteiger partial charge in [-0.25, -0.2) is 4.79 Å². The van der Waals surface area contributed by atoms with E-state index in [0.29, 0.717) is 35.0 Å². The van der Waals surface area contributed by atoms with Crippen molar-refractivity contribution < 1.29 is 18.7 Å². The first-order chi connectivity index (χ1) is 12.6. The summed E-state index contributed by atoms with van der Waals surface area (Å²) in [6.07, 6.45) is 1.95. The van der Waals surface area contributed by atoms with Crippen molar-refractivity contribution in [3.63, 3.8) is 0 Å². The van der Waals surface area contributed by atoms with Crippen LogP contribution in [0.4, 0.5) is 0 Å². The van der Waals surface area contributed by atoms with Crippen LogP contribution < -0.4 is 0 Å². The molecule has 2 aromatic heterocycles. The zero-order valence-corrected chi connectivity index (χ0v) is 14.5. The van der Waals surface area contributed by atoms with Gasteiger partial charge in [0.2, 0.25) is 5.89 Å². The predicted octanol–water partition coefficient (Wildman–Crippen LogP) is 3.98. The molecule has 0 unspecified atom stereocenters. The van der Waals surface area contributed by atoms with Gasteiger partial charge in [0.05, 0.1) is 11.6 Å². The highest BCUT2D eigenvalue weighted by atomic mass is 32.2. The summed E-state index contributed by atoms with van der Waals surface area (Å²) < 4.78 is 11.0. The third-order valence-corrected chi connectivity index (χ3v) is 4.22. The molecule has 0 atom stereocenters. The summed E-state index contributed by atoms with van der Waals surface area (Å²) in [5.41, 5.74) is 1.12. The van der Waals surface area contributed by atoms with E-state index in [4.69, 9.17) is 8.83 Å². The van der Waals surface area contributed by atoms with Crippen molar-refractivity contribution in [3.05, 3.63) is 58.5 Å². The van der Waals surface area contributed by atoms with Gasteiger partial charge in [-0.15, -0.1) is 10.2 Å². The number of carbonyl (C=O) groups is 1. The van der Waals surface area contributed by atoms with E-state index < -0.39 is 5.97 Å². The minimum absolute atomic E-state index is 0.0224. The molecule has 8 heteroatoms. The number of aromatic nitrogens is 2. The second kappa shape index (κ2) is 7.72. The second-order valence-corrected chi connectivity index (χ2v) is 6.08. The summed E-state index contributed by atoms with van der Waals surface area (Å²) in [5.74, 6) is 0.120. The number of nitriles is 1. The van der Waals surface area contributed by atoms with Crippen molar-refractivity contribution in [1.29, 1.82) is 5.26 Å². The van der Waals surface area contributed by atoms with E-state index in [1.807, 2.05) is 6.92 Å². The molecule has 1 N–H and O–H groups in total. The molecule has 1 aromatic carbocycles. The number of benzene rings is 1. The standard InChI is InChI=1S/C18H13N3O4S/c1-2-16-20-21-18(25-16)26-15(17(22)23)9-12-7-8-14(24-12)13-6-4-3-5-11(13)10-19/h3-9H,2H2,1H3,(H,22,23)/b15-9-. The van der Waals surface area contributed by atoms with Crippen molar-refractivity contribution in [3.8, 4) is 17.4 Å². The number of furan rings is 1. The summed E-state index contributed by atoms with van der Waals surface area (Å²) in [6.45, 7) is 1.86. The Hall–Kier alpha value is -3.31. The number of nitrogens with zero attached hydrogens (tertiary/aromatic N) is 3. The summed E-state index contributed by atoms with van der Waals surface area (Å²) in [5, 5.41) is 26.3. The molecule has 130 valence electrons. The molecule has 0 aliphatic heterocycles. The van der Waals surface area contributed by atoms with Crippen LogP contribution in [-0.2, 0) is 11.2 Å². The first kappa shape index (κ1) is 17.5. The topological polar surface area (TPSA) is 113 Å². The first-order valence-electron chi connectivity index (χ1n) is 7.65. The summed E-state index contributed by atoms with van der Waals surface area (Å²) in [4.78, 5) is 11.5. The number of carboxylic acid groups (broad SMARTS) is 1. The Morgan fingerprint density at radius 1 is 1.27 bits per heavy atom. The van der Waals surface area contributed by atoms with Gasteiger partial charge < -0.3 is 13.9 Å². The van der Waals surface area contributed by atoms with E-state index in [0.717, 1.165) is 11.8 Å². The molecular formula is C18H13N3O4S. The smallest absolute Gasteiger partial charge is 0.342 e. The molecule has 0 saturated carbocycles. The molecule has 0 amide bonds. The molecule has 3 rings (SSSR count). The Morgan fingerprint density at radius 2 is 2.08 bits per heavy atom. The van der Waals surface area contributed by atoms with Crippen molar-refractivity contribution in [1.82, 2.24) is 10.2 Å². The Morgan fingerprint density at radius 3 is 2.77 bits per heavy atom. The largest absolute Gasteiger partial charge is 0.477 e. The number of aliphatic carboxylic acids is 1. The van der Waals surface area contributed by atoms with Crippen LogP contribution in [0.2, 0.25) is 0 Å². The quantitative estimate of drug-likeness (QED) is 0.514. The first-order valence-corrected chi connectivity index (χ1v) is 8.47. The zero-order chi connectivity index (χ0) is 18.5. The van der Waals surface area contributed by atoms with E-state index >= 15 is 0 Å². The predicted molar refractivity (Wildman–Crippen MR) is 94.0 cm³/mol. The van der Waals surface area contributed by atoms with Crippen LogP contribution in [0.3, 0.4) is 0 Å². The van der Waals surface area contributed by atoms with E-state index in [-0.39, 0.29) is 10.1 Å². The minimum Gasteiger partial charge on any atom is -0.477 e. The number of hydrogen-bond donors (Lipinski definition) is 1. The van der Waals surface area contributed by atoms with Gasteiger partial charge in [0, 0.05) is 18.1 Å². The number of aryl methyl sites for hydroxylation is 1. The van der Waals surface area contributed by atoms with Crippen LogP contribution in [0.25, 0.3) is 17.4 Å². The molecule has 0 bridgehead atoms. The fourth-order valence-electron chi connectivity index (χ4n) is 2.15. The van der Waals surface area contributed by atoms with Crippen LogP contribution in [0, 0.1) is 11.3 Å². The molecular weight excluding hydrogens is 354 g/mol. The Balaban J connectivity index is 1.88. The normalized spacial score (nSPS) is 11.3. The molecule has 3 aromatic rings. The van der Waals surface area contributed by atoms with Gasteiger partial charge >= 0.3 is 5.97 Å². The van der Waals surface area contributed by atoms with E-state index in [1.165, 1.54) is 6.08 Å². The molecule has 0 spiro atoms. The summed E-state index contributed by atoms with van der Waals surface area (Å²) in [7, 11) is 0. The van der Waals surface area contributed by atoms with Crippen LogP contribution in [0.5, 0.6) is 0 Å². The summed E-state index contributed by atoms with van der Waals surface area (Å²) in [6, 6.07) is 12.4. The van der Waals surface area contributed by atoms with Gasteiger partial charge in [-0.1, -0.05) is 19.1 Å². The highest BCUT2D eigenvalue weighted by molar-refractivity contribution is 8.03. The maximum Gasteiger partial charge on any atom is 0.342 e.